The van der Waals surface area contributed by atoms with Gasteiger partial charge in [-0.25, -0.2) is 0 Å². The van der Waals surface area contributed by atoms with Crippen molar-refractivity contribution in [3.63, 3.8) is 0 Å². The first kappa shape index (κ1) is 15.5. The van der Waals surface area contributed by atoms with E-state index in [1.165, 1.54) is 38.5 Å². The molecule has 0 unspecified atom stereocenters. The van der Waals surface area contributed by atoms with Crippen LogP contribution in [0.5, 0.6) is 0 Å². The van der Waals surface area contributed by atoms with Gasteiger partial charge in [-0.15, -0.1) is 0 Å². The highest BCUT2D eigenvalue weighted by molar-refractivity contribution is 5.10. The van der Waals surface area contributed by atoms with Crippen LogP contribution in [-0.4, -0.2) is 25.0 Å². The van der Waals surface area contributed by atoms with Gasteiger partial charge in [-0.1, -0.05) is 26.7 Å². The molecule has 22 heavy (non-hydrogen) atoms. The van der Waals surface area contributed by atoms with Crippen LogP contribution in [0.4, 0.5) is 0 Å². The average molecular weight is 304 g/mol. The third kappa shape index (κ3) is 2.00. The molecule has 0 aromatic carbocycles. The molecule has 0 aliphatic heterocycles. The smallest absolute Gasteiger partial charge is 0.0146 e. The van der Waals surface area contributed by atoms with E-state index >= 15 is 0 Å². The Morgan fingerprint density at radius 3 is 2.27 bits per heavy atom. The molecule has 0 amide bonds. The lowest BCUT2D eigenvalue weighted by molar-refractivity contribution is -0.112. The van der Waals surface area contributed by atoms with Gasteiger partial charge in [0.15, 0.2) is 0 Å². The van der Waals surface area contributed by atoms with Crippen LogP contribution in [0.2, 0.25) is 0 Å². The fourth-order valence-electron chi connectivity index (χ4n) is 8.12. The minimum Gasteiger partial charge on any atom is -0.306 e. The highest BCUT2D eigenvalue weighted by Gasteiger charge is 2.59. The second kappa shape index (κ2) is 5.23. The Morgan fingerprint density at radius 1 is 0.727 bits per heavy atom. The van der Waals surface area contributed by atoms with Crippen LogP contribution in [-0.2, 0) is 0 Å². The van der Waals surface area contributed by atoms with E-state index in [0.29, 0.717) is 10.8 Å². The van der Waals surface area contributed by atoms with Crippen molar-refractivity contribution in [2.24, 2.45) is 34.5 Å². The van der Waals surface area contributed by atoms with E-state index in [9.17, 15) is 0 Å². The number of hydrogen-bond acceptors (Lipinski definition) is 1. The molecular weight excluding hydrogens is 266 g/mol. The van der Waals surface area contributed by atoms with Crippen LogP contribution in [0.3, 0.4) is 0 Å². The number of fused-ring (bicyclic) bond motifs is 5. The maximum absolute atomic E-state index is 2.70. The number of hydrogen-bond donors (Lipinski definition) is 0. The summed E-state index contributed by atoms with van der Waals surface area (Å²) in [6, 6.07) is 0.843. The molecule has 0 bridgehead atoms. The molecule has 126 valence electrons. The van der Waals surface area contributed by atoms with E-state index in [0.717, 1.165) is 29.7 Å². The topological polar surface area (TPSA) is 3.24 Å². The SMILES string of the molecule is CN(C)[C@H]1CC[C@H]2[C@@H]3CC[C@H]4CCCC[C@]4(C)[C@H]3CC[C@]12C. The molecular formula is C21H37N. The molecule has 0 aromatic rings. The summed E-state index contributed by atoms with van der Waals surface area (Å²) in [5, 5.41) is 0. The van der Waals surface area contributed by atoms with Crippen molar-refractivity contribution in [3.05, 3.63) is 0 Å². The number of nitrogens with zero attached hydrogens (tertiary/aromatic N) is 1. The average Bonchev–Trinajstić information content (AvgIpc) is 2.84. The third-order valence-corrected chi connectivity index (χ3v) is 9.16. The van der Waals surface area contributed by atoms with E-state index in [2.05, 4.69) is 32.8 Å². The zero-order valence-corrected chi connectivity index (χ0v) is 15.4. The predicted molar refractivity (Wildman–Crippen MR) is 93.8 cm³/mol. The molecule has 1 nitrogen and oxygen atoms in total. The van der Waals surface area contributed by atoms with E-state index < -0.39 is 0 Å². The molecule has 4 aliphatic rings. The van der Waals surface area contributed by atoms with Crippen molar-refractivity contribution in [1.29, 1.82) is 0 Å². The van der Waals surface area contributed by atoms with Gasteiger partial charge < -0.3 is 4.90 Å². The summed E-state index contributed by atoms with van der Waals surface area (Å²) in [5.41, 5.74) is 1.32. The van der Waals surface area contributed by atoms with Crippen molar-refractivity contribution in [1.82, 2.24) is 4.90 Å². The zero-order chi connectivity index (χ0) is 15.5. The van der Waals surface area contributed by atoms with Crippen LogP contribution in [0.15, 0.2) is 0 Å². The summed E-state index contributed by atoms with van der Waals surface area (Å²) in [6.07, 6.45) is 15.2. The summed E-state index contributed by atoms with van der Waals surface area (Å²) in [7, 11) is 4.65. The number of rotatable bonds is 1. The van der Waals surface area contributed by atoms with Gasteiger partial charge in [0.05, 0.1) is 0 Å². The van der Waals surface area contributed by atoms with Crippen LogP contribution in [0.25, 0.3) is 0 Å². The van der Waals surface area contributed by atoms with Gasteiger partial charge in [0.1, 0.15) is 0 Å². The Kier molecular flexibility index (Phi) is 3.68. The first-order valence-corrected chi connectivity index (χ1v) is 10.1. The Morgan fingerprint density at radius 2 is 1.50 bits per heavy atom. The monoisotopic (exact) mass is 303 g/mol. The van der Waals surface area contributed by atoms with Crippen LogP contribution < -0.4 is 0 Å². The lowest BCUT2D eigenvalue weighted by atomic mass is 9.45. The third-order valence-electron chi connectivity index (χ3n) is 9.16. The first-order valence-electron chi connectivity index (χ1n) is 10.1. The van der Waals surface area contributed by atoms with Crippen molar-refractivity contribution < 1.29 is 0 Å². The molecule has 4 saturated carbocycles. The summed E-state index contributed by atoms with van der Waals surface area (Å²) in [6.45, 7) is 5.36. The molecule has 4 aliphatic carbocycles. The van der Waals surface area contributed by atoms with Crippen LogP contribution in [0, 0.1) is 34.5 Å². The Bertz CT molecular complexity index is 430. The van der Waals surface area contributed by atoms with Crippen molar-refractivity contribution >= 4 is 0 Å². The summed E-state index contributed by atoms with van der Waals surface area (Å²) in [5.74, 6) is 4.21. The minimum atomic E-state index is 0.614. The molecule has 0 aromatic heterocycles. The van der Waals surface area contributed by atoms with Crippen molar-refractivity contribution in [3.8, 4) is 0 Å². The lowest BCUT2D eigenvalue weighted by Crippen LogP contribution is -2.54. The maximum Gasteiger partial charge on any atom is 0.0146 e. The fraction of sp³-hybridized carbons (Fsp3) is 1.00. The highest BCUT2D eigenvalue weighted by atomic mass is 15.1. The van der Waals surface area contributed by atoms with Crippen molar-refractivity contribution in [2.75, 3.05) is 14.1 Å². The van der Waals surface area contributed by atoms with Gasteiger partial charge in [0.25, 0.3) is 0 Å². The maximum atomic E-state index is 2.70. The van der Waals surface area contributed by atoms with E-state index in [1.54, 1.807) is 25.7 Å². The normalized spacial score (nSPS) is 54.7. The van der Waals surface area contributed by atoms with Crippen LogP contribution in [0.1, 0.15) is 78.1 Å². The summed E-state index contributed by atoms with van der Waals surface area (Å²) >= 11 is 0. The quantitative estimate of drug-likeness (QED) is 0.631. The Hall–Kier alpha value is -0.0400. The molecule has 0 radical (unpaired) electrons. The van der Waals surface area contributed by atoms with Crippen molar-refractivity contribution in [2.45, 2.75) is 84.1 Å². The molecule has 1 heteroatoms. The second-order valence-electron chi connectivity index (χ2n) is 10.0. The molecule has 4 fully saturated rings. The van der Waals surface area contributed by atoms with E-state index in [1.807, 2.05) is 0 Å². The molecule has 0 saturated heterocycles. The summed E-state index contributed by atoms with van der Waals surface area (Å²) in [4.78, 5) is 2.55. The van der Waals surface area contributed by atoms with Gasteiger partial charge >= 0.3 is 0 Å². The highest BCUT2D eigenvalue weighted by Crippen LogP contribution is 2.66. The van der Waals surface area contributed by atoms with Crippen LogP contribution >= 0.6 is 0 Å². The minimum absolute atomic E-state index is 0.614. The van der Waals surface area contributed by atoms with Gasteiger partial charge in [-0.3, -0.25) is 0 Å². The van der Waals surface area contributed by atoms with Gasteiger partial charge in [-0.05, 0) is 100.0 Å². The predicted octanol–water partition coefficient (Wildman–Crippen LogP) is 5.35. The Labute approximate surface area is 138 Å². The lowest BCUT2D eigenvalue weighted by Gasteiger charge is -2.60. The zero-order valence-electron chi connectivity index (χ0n) is 15.4. The summed E-state index contributed by atoms with van der Waals surface area (Å²) < 4.78 is 0. The standard InChI is InChI=1S/C21H37N/c1-20-13-6-5-7-15(20)8-9-16-17-10-11-19(22(3)4)21(17,2)14-12-18(16)20/h15-19H,5-14H2,1-4H3/t15-,16+,17+,18+,19+,20+,21+/m1/s1. The van der Waals surface area contributed by atoms with E-state index in [4.69, 9.17) is 0 Å². The molecule has 0 N–H and O–H groups in total. The molecule has 0 heterocycles. The molecule has 4 rings (SSSR count). The second-order valence-corrected chi connectivity index (χ2v) is 10.0. The largest absolute Gasteiger partial charge is 0.306 e. The Balaban J connectivity index is 1.62. The van der Waals surface area contributed by atoms with E-state index in [-0.39, 0.29) is 0 Å². The van der Waals surface area contributed by atoms with Gasteiger partial charge in [-0.2, -0.15) is 0 Å². The molecule has 7 atom stereocenters. The van der Waals surface area contributed by atoms with Gasteiger partial charge in [0, 0.05) is 6.04 Å². The first-order chi connectivity index (χ1) is 10.5. The fourth-order valence-corrected chi connectivity index (χ4v) is 8.12. The van der Waals surface area contributed by atoms with Gasteiger partial charge in [0.2, 0.25) is 0 Å². The molecule has 0 spiro atoms.